The monoisotopic (exact) mass is 293 g/mol. The van der Waals surface area contributed by atoms with E-state index in [4.69, 9.17) is 15.2 Å². The molecule has 1 amide bonds. The van der Waals surface area contributed by atoms with Crippen LogP contribution in [0.1, 0.15) is 38.8 Å². The van der Waals surface area contributed by atoms with Crippen LogP contribution in [-0.4, -0.2) is 41.3 Å². The summed E-state index contributed by atoms with van der Waals surface area (Å²) in [6.45, 7) is 7.17. The van der Waals surface area contributed by atoms with Crippen LogP contribution in [0.3, 0.4) is 0 Å². The van der Waals surface area contributed by atoms with Crippen molar-refractivity contribution in [3.8, 4) is 0 Å². The smallest absolute Gasteiger partial charge is 0.410 e. The number of hydrogen-bond donors (Lipinski definition) is 1. The van der Waals surface area contributed by atoms with Crippen molar-refractivity contribution in [3.63, 3.8) is 0 Å². The Morgan fingerprint density at radius 3 is 2.86 bits per heavy atom. The number of aromatic nitrogens is 1. The van der Waals surface area contributed by atoms with Crippen LogP contribution >= 0.6 is 0 Å². The second kappa shape index (κ2) is 6.30. The summed E-state index contributed by atoms with van der Waals surface area (Å²) in [5.41, 5.74) is 6.77. The highest BCUT2D eigenvalue weighted by Crippen LogP contribution is 2.28. The molecule has 0 bridgehead atoms. The number of amides is 1. The highest BCUT2D eigenvalue weighted by atomic mass is 16.6. The van der Waals surface area contributed by atoms with E-state index in [1.165, 1.54) is 0 Å². The minimum absolute atomic E-state index is 0.127. The summed E-state index contributed by atoms with van der Waals surface area (Å²) < 4.78 is 11.0. The van der Waals surface area contributed by atoms with Crippen LogP contribution in [0, 0.1) is 0 Å². The topological polar surface area (TPSA) is 77.7 Å². The van der Waals surface area contributed by atoms with E-state index in [1.807, 2.05) is 26.8 Å². The van der Waals surface area contributed by atoms with Crippen molar-refractivity contribution < 1.29 is 14.3 Å². The van der Waals surface area contributed by atoms with Crippen LogP contribution in [-0.2, 0) is 9.47 Å². The quantitative estimate of drug-likeness (QED) is 0.860. The number of anilines is 1. The van der Waals surface area contributed by atoms with Gasteiger partial charge in [-0.15, -0.1) is 0 Å². The van der Waals surface area contributed by atoms with Gasteiger partial charge < -0.3 is 15.2 Å². The minimum Gasteiger partial charge on any atom is -0.444 e. The Morgan fingerprint density at radius 2 is 2.19 bits per heavy atom. The number of nitrogens with two attached hydrogens (primary N) is 1. The van der Waals surface area contributed by atoms with Crippen LogP contribution in [0.5, 0.6) is 0 Å². The van der Waals surface area contributed by atoms with Gasteiger partial charge in [-0.05, 0) is 38.8 Å². The van der Waals surface area contributed by atoms with Crippen molar-refractivity contribution in [1.29, 1.82) is 0 Å². The third kappa shape index (κ3) is 4.32. The van der Waals surface area contributed by atoms with Crippen molar-refractivity contribution in [2.45, 2.75) is 38.8 Å². The Labute approximate surface area is 125 Å². The third-order valence-electron chi connectivity index (χ3n) is 3.18. The summed E-state index contributed by atoms with van der Waals surface area (Å²) in [6.07, 6.45) is 3.70. The molecule has 1 unspecified atom stereocenters. The molecule has 1 atom stereocenters. The summed E-state index contributed by atoms with van der Waals surface area (Å²) in [6, 6.07) is 1.72. The Kier molecular flexibility index (Phi) is 4.67. The number of ether oxygens (including phenoxy) is 2. The molecule has 0 saturated carbocycles. The van der Waals surface area contributed by atoms with Gasteiger partial charge in [0.05, 0.1) is 18.3 Å². The molecule has 1 aliphatic heterocycles. The Hall–Kier alpha value is -1.82. The van der Waals surface area contributed by atoms with Gasteiger partial charge in [-0.2, -0.15) is 0 Å². The molecule has 6 nitrogen and oxygen atoms in total. The number of hydrogen-bond acceptors (Lipinski definition) is 5. The first kappa shape index (κ1) is 15.6. The van der Waals surface area contributed by atoms with Gasteiger partial charge in [0, 0.05) is 25.5 Å². The van der Waals surface area contributed by atoms with Gasteiger partial charge in [-0.3, -0.25) is 9.88 Å². The van der Waals surface area contributed by atoms with E-state index in [2.05, 4.69) is 4.98 Å². The average Bonchev–Trinajstić information content (AvgIpc) is 2.62. The lowest BCUT2D eigenvalue weighted by molar-refractivity contribution is 0.0159. The molecule has 21 heavy (non-hydrogen) atoms. The number of pyridine rings is 1. The molecule has 1 aromatic heterocycles. The molecule has 1 saturated heterocycles. The average molecular weight is 293 g/mol. The van der Waals surface area contributed by atoms with Crippen molar-refractivity contribution in [2.75, 3.05) is 25.5 Å². The van der Waals surface area contributed by atoms with Gasteiger partial charge in [0.15, 0.2) is 0 Å². The molecule has 2 rings (SSSR count). The zero-order valence-electron chi connectivity index (χ0n) is 12.8. The molecule has 0 aromatic carbocycles. The fraction of sp³-hybridized carbons (Fsp3) is 0.600. The minimum atomic E-state index is -0.525. The number of carbonyl (C=O) groups is 1. The van der Waals surface area contributed by atoms with Crippen LogP contribution in [0.25, 0.3) is 0 Å². The lowest BCUT2D eigenvalue weighted by Gasteiger charge is -2.32. The summed E-state index contributed by atoms with van der Waals surface area (Å²) in [7, 11) is 0. The molecule has 1 aromatic rings. The number of carbonyl (C=O) groups excluding carboxylic acids is 1. The van der Waals surface area contributed by atoms with Gasteiger partial charge in [-0.25, -0.2) is 4.79 Å². The summed E-state index contributed by atoms with van der Waals surface area (Å²) >= 11 is 0. The van der Waals surface area contributed by atoms with Gasteiger partial charge in [0.25, 0.3) is 0 Å². The molecule has 2 N–H and O–H groups in total. The van der Waals surface area contributed by atoms with E-state index < -0.39 is 5.60 Å². The van der Waals surface area contributed by atoms with E-state index in [1.54, 1.807) is 17.3 Å². The molecule has 1 aliphatic rings. The molecule has 0 spiro atoms. The maximum atomic E-state index is 12.4. The largest absolute Gasteiger partial charge is 0.444 e. The third-order valence-corrected chi connectivity index (χ3v) is 3.18. The number of nitrogens with zero attached hydrogens (tertiary/aromatic N) is 2. The van der Waals surface area contributed by atoms with Gasteiger partial charge >= 0.3 is 6.09 Å². The number of rotatable bonds is 1. The summed E-state index contributed by atoms with van der Waals surface area (Å²) in [4.78, 5) is 18.2. The summed E-state index contributed by atoms with van der Waals surface area (Å²) in [5, 5.41) is 0. The maximum Gasteiger partial charge on any atom is 0.410 e. The van der Waals surface area contributed by atoms with Crippen molar-refractivity contribution >= 4 is 11.8 Å². The molecule has 0 radical (unpaired) electrons. The van der Waals surface area contributed by atoms with E-state index in [0.717, 1.165) is 5.56 Å². The standard InChI is InChI=1S/C15H23N3O3/c1-15(2,3)21-14(19)18-5-7-20-6-4-13(18)11-8-12(16)10-17-9-11/h8-10,13H,4-7,16H2,1-3H3. The molecule has 6 heteroatoms. The zero-order valence-corrected chi connectivity index (χ0v) is 12.8. The van der Waals surface area contributed by atoms with Gasteiger partial charge in [-0.1, -0.05) is 0 Å². The van der Waals surface area contributed by atoms with E-state index in [-0.39, 0.29) is 12.1 Å². The lowest BCUT2D eigenvalue weighted by atomic mass is 10.0. The first-order valence-corrected chi connectivity index (χ1v) is 7.14. The normalized spacial score (nSPS) is 20.0. The van der Waals surface area contributed by atoms with Gasteiger partial charge in [0.2, 0.25) is 0 Å². The van der Waals surface area contributed by atoms with E-state index in [9.17, 15) is 4.79 Å². The van der Waals surface area contributed by atoms with Crippen molar-refractivity contribution in [3.05, 3.63) is 24.0 Å². The maximum absolute atomic E-state index is 12.4. The Bertz CT molecular complexity index is 499. The van der Waals surface area contributed by atoms with E-state index in [0.29, 0.717) is 31.9 Å². The number of nitrogen functional groups attached to an aromatic ring is 1. The fourth-order valence-corrected chi connectivity index (χ4v) is 2.32. The molecule has 116 valence electrons. The summed E-state index contributed by atoms with van der Waals surface area (Å²) in [5.74, 6) is 0. The molecule has 0 aliphatic carbocycles. The van der Waals surface area contributed by atoms with Crippen LogP contribution in [0.15, 0.2) is 18.5 Å². The van der Waals surface area contributed by atoms with Crippen LogP contribution in [0.2, 0.25) is 0 Å². The molecule has 1 fully saturated rings. The fourth-order valence-electron chi connectivity index (χ4n) is 2.32. The van der Waals surface area contributed by atoms with Gasteiger partial charge in [0.1, 0.15) is 5.60 Å². The second-order valence-corrected chi connectivity index (χ2v) is 6.14. The lowest BCUT2D eigenvalue weighted by Crippen LogP contribution is -2.40. The second-order valence-electron chi connectivity index (χ2n) is 6.14. The Balaban J connectivity index is 2.24. The van der Waals surface area contributed by atoms with Crippen LogP contribution in [0.4, 0.5) is 10.5 Å². The van der Waals surface area contributed by atoms with Crippen molar-refractivity contribution in [2.24, 2.45) is 0 Å². The Morgan fingerprint density at radius 1 is 1.43 bits per heavy atom. The SMILES string of the molecule is CC(C)(C)OC(=O)N1CCOCCC1c1cncc(N)c1. The molecular weight excluding hydrogens is 270 g/mol. The first-order chi connectivity index (χ1) is 9.87. The van der Waals surface area contributed by atoms with Crippen molar-refractivity contribution in [1.82, 2.24) is 9.88 Å². The zero-order chi connectivity index (χ0) is 15.5. The van der Waals surface area contributed by atoms with Crippen LogP contribution < -0.4 is 5.73 Å². The highest BCUT2D eigenvalue weighted by Gasteiger charge is 2.30. The highest BCUT2D eigenvalue weighted by molar-refractivity contribution is 5.69. The molecular formula is C15H23N3O3. The predicted octanol–water partition coefficient (Wildman–Crippen LogP) is 2.36. The van der Waals surface area contributed by atoms with E-state index >= 15 is 0 Å². The first-order valence-electron chi connectivity index (χ1n) is 7.14. The molecule has 2 heterocycles. The predicted molar refractivity (Wildman–Crippen MR) is 79.8 cm³/mol.